The third-order valence-electron chi connectivity index (χ3n) is 4.41. The highest BCUT2D eigenvalue weighted by Crippen LogP contribution is 2.41. The summed E-state index contributed by atoms with van der Waals surface area (Å²) >= 11 is 0. The van der Waals surface area contributed by atoms with Crippen LogP contribution in [0.5, 0.6) is 11.7 Å². The smallest absolute Gasteiger partial charge is 0.412 e. The summed E-state index contributed by atoms with van der Waals surface area (Å²) in [4.78, 5) is 23.5. The number of benzene rings is 1. The van der Waals surface area contributed by atoms with Crippen LogP contribution in [-0.2, 0) is 11.2 Å². The Bertz CT molecular complexity index is 779. The quantitative estimate of drug-likeness (QED) is 0.819. The molecule has 8 heteroatoms. The molecule has 0 unspecified atom stereocenters. The zero-order valence-corrected chi connectivity index (χ0v) is 14.5. The van der Waals surface area contributed by atoms with Crippen LogP contribution in [0.4, 0.5) is 10.5 Å². The standard InChI is InChI=1S/C18H21N3O5/c1-24-13-8-6-11(7-9-13)10-14(22)20-16-15(12-4-2-3-5-12)21-26-17(16)25-18(19)23/h6-9,12H,2-5,10H2,1H3,(H2,19,23)(H,20,22). The lowest BCUT2D eigenvalue weighted by molar-refractivity contribution is -0.115. The van der Waals surface area contributed by atoms with Gasteiger partial charge in [-0.2, -0.15) is 0 Å². The van der Waals surface area contributed by atoms with Crippen LogP contribution >= 0.6 is 0 Å². The van der Waals surface area contributed by atoms with Gasteiger partial charge >= 0.3 is 12.0 Å². The van der Waals surface area contributed by atoms with Crippen LogP contribution in [-0.4, -0.2) is 24.3 Å². The summed E-state index contributed by atoms with van der Waals surface area (Å²) in [5.74, 6) is 0.434. The van der Waals surface area contributed by atoms with Crippen molar-refractivity contribution in [3.63, 3.8) is 0 Å². The van der Waals surface area contributed by atoms with E-state index >= 15 is 0 Å². The summed E-state index contributed by atoms with van der Waals surface area (Å²) in [6.07, 6.45) is 3.19. The first-order valence-electron chi connectivity index (χ1n) is 8.46. The van der Waals surface area contributed by atoms with Crippen LogP contribution in [0, 0.1) is 0 Å². The molecule has 1 saturated carbocycles. The zero-order chi connectivity index (χ0) is 18.5. The average Bonchev–Trinajstić information content (AvgIpc) is 3.26. The maximum Gasteiger partial charge on any atom is 0.412 e. The van der Waals surface area contributed by atoms with Crippen LogP contribution in [0.1, 0.15) is 42.9 Å². The van der Waals surface area contributed by atoms with E-state index in [4.69, 9.17) is 19.7 Å². The summed E-state index contributed by atoms with van der Waals surface area (Å²) in [6.45, 7) is 0. The molecular formula is C18H21N3O5. The van der Waals surface area contributed by atoms with Crippen molar-refractivity contribution < 1.29 is 23.6 Å². The highest BCUT2D eigenvalue weighted by Gasteiger charge is 2.29. The van der Waals surface area contributed by atoms with E-state index in [0.29, 0.717) is 11.4 Å². The molecule has 3 N–H and O–H groups in total. The van der Waals surface area contributed by atoms with Gasteiger partial charge in [0, 0.05) is 5.92 Å². The lowest BCUT2D eigenvalue weighted by atomic mass is 10.0. The van der Waals surface area contributed by atoms with Gasteiger partial charge in [-0.1, -0.05) is 30.1 Å². The van der Waals surface area contributed by atoms with Crippen LogP contribution in [0.3, 0.4) is 0 Å². The lowest BCUT2D eigenvalue weighted by Crippen LogP contribution is -2.19. The van der Waals surface area contributed by atoms with E-state index in [1.54, 1.807) is 19.2 Å². The minimum atomic E-state index is -1.02. The van der Waals surface area contributed by atoms with Gasteiger partial charge < -0.3 is 25.0 Å². The number of aromatic nitrogens is 1. The van der Waals surface area contributed by atoms with Crippen molar-refractivity contribution in [2.24, 2.45) is 5.73 Å². The summed E-state index contributed by atoms with van der Waals surface area (Å²) < 4.78 is 15.0. The SMILES string of the molecule is COc1ccc(CC(=O)Nc2c(C3CCCC3)noc2OC(N)=O)cc1. The number of carbonyl (C=O) groups excluding carboxylic acids is 2. The Labute approximate surface area is 150 Å². The number of hydrogen-bond acceptors (Lipinski definition) is 6. The minimum absolute atomic E-state index is 0.148. The molecule has 2 amide bonds. The molecule has 0 saturated heterocycles. The number of amides is 2. The van der Waals surface area contributed by atoms with E-state index in [1.165, 1.54) is 0 Å². The molecule has 0 aliphatic heterocycles. The predicted molar refractivity (Wildman–Crippen MR) is 93.3 cm³/mol. The normalized spacial score (nSPS) is 14.2. The largest absolute Gasteiger partial charge is 0.497 e. The van der Waals surface area contributed by atoms with Crippen LogP contribution in [0.2, 0.25) is 0 Å². The van der Waals surface area contributed by atoms with E-state index in [9.17, 15) is 9.59 Å². The van der Waals surface area contributed by atoms with E-state index in [1.807, 2.05) is 12.1 Å². The number of nitrogens with zero attached hydrogens (tertiary/aromatic N) is 1. The van der Waals surface area contributed by atoms with E-state index in [2.05, 4.69) is 10.5 Å². The first kappa shape index (κ1) is 17.8. The van der Waals surface area contributed by atoms with E-state index in [-0.39, 0.29) is 29.9 Å². The molecule has 138 valence electrons. The summed E-state index contributed by atoms with van der Waals surface area (Å²) in [7, 11) is 1.58. The van der Waals surface area contributed by atoms with Gasteiger partial charge in [0.2, 0.25) is 5.91 Å². The van der Waals surface area contributed by atoms with Crippen molar-refractivity contribution >= 4 is 17.7 Å². The Hall–Kier alpha value is -3.03. The first-order chi connectivity index (χ1) is 12.6. The Balaban J connectivity index is 1.76. The molecule has 0 spiro atoms. The fraction of sp³-hybridized carbons (Fsp3) is 0.389. The fourth-order valence-corrected chi connectivity index (χ4v) is 3.15. The van der Waals surface area contributed by atoms with Crippen molar-refractivity contribution in [3.8, 4) is 11.7 Å². The number of anilines is 1. The Morgan fingerprint density at radius 2 is 1.96 bits per heavy atom. The number of ether oxygens (including phenoxy) is 2. The van der Waals surface area contributed by atoms with Gasteiger partial charge in [-0.25, -0.2) is 4.79 Å². The number of methoxy groups -OCH3 is 1. The molecular weight excluding hydrogens is 338 g/mol. The molecule has 1 aliphatic carbocycles. The van der Waals surface area contributed by atoms with Crippen molar-refractivity contribution in [1.82, 2.24) is 5.16 Å². The molecule has 0 bridgehead atoms. The Kier molecular flexibility index (Phi) is 5.40. The number of nitrogens with two attached hydrogens (primary N) is 1. The highest BCUT2D eigenvalue weighted by atomic mass is 16.7. The monoisotopic (exact) mass is 359 g/mol. The van der Waals surface area contributed by atoms with Gasteiger partial charge in [-0.15, -0.1) is 0 Å². The molecule has 1 aromatic carbocycles. The van der Waals surface area contributed by atoms with E-state index in [0.717, 1.165) is 31.2 Å². The molecule has 2 aromatic rings. The van der Waals surface area contributed by atoms with Gasteiger partial charge in [-0.3, -0.25) is 4.79 Å². The Morgan fingerprint density at radius 3 is 2.58 bits per heavy atom. The molecule has 1 fully saturated rings. The maximum atomic E-state index is 12.5. The molecule has 0 radical (unpaired) electrons. The highest BCUT2D eigenvalue weighted by molar-refractivity contribution is 5.94. The summed E-state index contributed by atoms with van der Waals surface area (Å²) in [5.41, 5.74) is 6.77. The molecule has 1 aliphatic rings. The second-order valence-electron chi connectivity index (χ2n) is 6.21. The summed E-state index contributed by atoms with van der Waals surface area (Å²) in [6, 6.07) is 7.19. The average molecular weight is 359 g/mol. The molecule has 26 heavy (non-hydrogen) atoms. The molecule has 0 atom stereocenters. The van der Waals surface area contributed by atoms with Crippen LogP contribution in [0.15, 0.2) is 28.8 Å². The van der Waals surface area contributed by atoms with Crippen molar-refractivity contribution in [2.45, 2.75) is 38.0 Å². The van der Waals surface area contributed by atoms with Crippen molar-refractivity contribution in [2.75, 3.05) is 12.4 Å². The molecule has 3 rings (SSSR count). The van der Waals surface area contributed by atoms with Gasteiger partial charge in [0.1, 0.15) is 11.4 Å². The third-order valence-corrected chi connectivity index (χ3v) is 4.41. The van der Waals surface area contributed by atoms with Gasteiger partial charge in [0.25, 0.3) is 0 Å². The van der Waals surface area contributed by atoms with Crippen molar-refractivity contribution in [3.05, 3.63) is 35.5 Å². The predicted octanol–water partition coefficient (Wildman–Crippen LogP) is 2.98. The summed E-state index contributed by atoms with van der Waals surface area (Å²) in [5, 5.41) is 6.75. The number of primary amides is 1. The van der Waals surface area contributed by atoms with Gasteiger partial charge in [0.15, 0.2) is 5.69 Å². The van der Waals surface area contributed by atoms with Gasteiger partial charge in [-0.05, 0) is 30.5 Å². The fourth-order valence-electron chi connectivity index (χ4n) is 3.15. The minimum Gasteiger partial charge on any atom is -0.497 e. The van der Waals surface area contributed by atoms with Crippen molar-refractivity contribution in [1.29, 1.82) is 0 Å². The Morgan fingerprint density at radius 1 is 1.27 bits per heavy atom. The lowest BCUT2D eigenvalue weighted by Gasteiger charge is -2.10. The number of rotatable bonds is 6. The first-order valence-corrected chi connectivity index (χ1v) is 8.46. The van der Waals surface area contributed by atoms with E-state index < -0.39 is 6.09 Å². The van der Waals surface area contributed by atoms with Crippen LogP contribution < -0.4 is 20.5 Å². The van der Waals surface area contributed by atoms with Gasteiger partial charge in [0.05, 0.1) is 13.5 Å². The molecule has 1 heterocycles. The number of nitrogens with one attached hydrogen (secondary N) is 1. The topological polar surface area (TPSA) is 117 Å². The number of hydrogen-bond donors (Lipinski definition) is 2. The molecule has 8 nitrogen and oxygen atoms in total. The second-order valence-corrected chi connectivity index (χ2v) is 6.21. The maximum absolute atomic E-state index is 12.5. The number of carbonyl (C=O) groups is 2. The second kappa shape index (κ2) is 7.90. The third kappa shape index (κ3) is 4.14. The molecule has 1 aromatic heterocycles. The zero-order valence-electron chi connectivity index (χ0n) is 14.5. The van der Waals surface area contributed by atoms with Crippen LogP contribution in [0.25, 0.3) is 0 Å².